The van der Waals surface area contributed by atoms with Gasteiger partial charge in [-0.25, -0.2) is 0 Å². The van der Waals surface area contributed by atoms with E-state index in [1.54, 1.807) is 12.1 Å². The fraction of sp³-hybridized carbons (Fsp3) is 0.538. The van der Waals surface area contributed by atoms with E-state index < -0.39 is 0 Å². The Morgan fingerprint density at radius 3 is 2.83 bits per heavy atom. The molecule has 0 saturated carbocycles. The topological polar surface area (TPSA) is 58.4 Å². The van der Waals surface area contributed by atoms with Crippen LogP contribution >= 0.6 is 0 Å². The van der Waals surface area contributed by atoms with E-state index in [4.69, 9.17) is 0 Å². The van der Waals surface area contributed by atoms with Crippen LogP contribution in [0.15, 0.2) is 24.3 Å². The number of hydrogen-bond donors (Lipinski definition) is 1. The lowest BCUT2D eigenvalue weighted by Gasteiger charge is -2.14. The van der Waals surface area contributed by atoms with Crippen LogP contribution in [0.4, 0.5) is 11.4 Å². The summed E-state index contributed by atoms with van der Waals surface area (Å²) in [6, 6.07) is 6.66. The summed E-state index contributed by atoms with van der Waals surface area (Å²) >= 11 is 0. The molecule has 5 nitrogen and oxygen atoms in total. The van der Waals surface area contributed by atoms with E-state index in [0.717, 1.165) is 25.2 Å². The lowest BCUT2D eigenvalue weighted by atomic mass is 10.2. The van der Waals surface area contributed by atoms with Crippen LogP contribution in [-0.4, -0.2) is 36.0 Å². The van der Waals surface area contributed by atoms with Crippen molar-refractivity contribution >= 4 is 11.4 Å². The first kappa shape index (κ1) is 12.8. The highest BCUT2D eigenvalue weighted by molar-refractivity contribution is 5.50. The van der Waals surface area contributed by atoms with Crippen molar-refractivity contribution in [2.45, 2.75) is 19.3 Å². The normalized spacial score (nSPS) is 15.8. The lowest BCUT2D eigenvalue weighted by Crippen LogP contribution is -2.22. The van der Waals surface area contributed by atoms with Crippen LogP contribution < -0.4 is 5.32 Å². The number of rotatable bonds is 6. The van der Waals surface area contributed by atoms with Gasteiger partial charge in [-0.05, 0) is 45.0 Å². The Labute approximate surface area is 107 Å². The van der Waals surface area contributed by atoms with Crippen LogP contribution in [0.5, 0.6) is 0 Å². The molecule has 0 aliphatic carbocycles. The first-order chi connectivity index (χ1) is 8.75. The molecule has 98 valence electrons. The fourth-order valence-corrected chi connectivity index (χ4v) is 2.27. The minimum atomic E-state index is -0.366. The van der Waals surface area contributed by atoms with Crippen molar-refractivity contribution in [1.29, 1.82) is 0 Å². The predicted octanol–water partition coefficient (Wildman–Crippen LogP) is 2.49. The van der Waals surface area contributed by atoms with Crippen molar-refractivity contribution in [2.75, 3.05) is 31.5 Å². The van der Waals surface area contributed by atoms with Gasteiger partial charge in [0.2, 0.25) is 0 Å². The number of nitrogens with one attached hydrogen (secondary N) is 1. The first-order valence-electron chi connectivity index (χ1n) is 6.46. The smallest absolute Gasteiger partial charge is 0.271 e. The van der Waals surface area contributed by atoms with Crippen molar-refractivity contribution in [3.8, 4) is 0 Å². The fourth-order valence-electron chi connectivity index (χ4n) is 2.27. The maximum Gasteiger partial charge on any atom is 0.271 e. The summed E-state index contributed by atoms with van der Waals surface area (Å²) in [5.74, 6) is 0. The molecule has 0 unspecified atom stereocenters. The number of benzene rings is 1. The Morgan fingerprint density at radius 1 is 1.33 bits per heavy atom. The van der Waals surface area contributed by atoms with Crippen LogP contribution in [0.1, 0.15) is 19.3 Å². The average molecular weight is 249 g/mol. The van der Waals surface area contributed by atoms with E-state index in [1.165, 1.54) is 32.0 Å². The molecule has 18 heavy (non-hydrogen) atoms. The van der Waals surface area contributed by atoms with Crippen molar-refractivity contribution in [1.82, 2.24) is 4.90 Å². The molecule has 1 saturated heterocycles. The molecule has 1 aromatic rings. The molecule has 1 fully saturated rings. The van der Waals surface area contributed by atoms with Gasteiger partial charge in [0.1, 0.15) is 0 Å². The van der Waals surface area contributed by atoms with Gasteiger partial charge < -0.3 is 10.2 Å². The Hall–Kier alpha value is -1.62. The second-order valence-corrected chi connectivity index (χ2v) is 4.64. The van der Waals surface area contributed by atoms with Crippen molar-refractivity contribution in [3.63, 3.8) is 0 Å². The maximum atomic E-state index is 10.6. The Bertz CT molecular complexity index is 403. The number of anilines is 1. The second-order valence-electron chi connectivity index (χ2n) is 4.64. The summed E-state index contributed by atoms with van der Waals surface area (Å²) in [6.07, 6.45) is 3.71. The third-order valence-corrected chi connectivity index (χ3v) is 3.24. The summed E-state index contributed by atoms with van der Waals surface area (Å²) in [4.78, 5) is 12.7. The molecule has 0 radical (unpaired) electrons. The van der Waals surface area contributed by atoms with E-state index in [-0.39, 0.29) is 10.6 Å². The molecule has 1 heterocycles. The molecule has 0 amide bonds. The first-order valence-corrected chi connectivity index (χ1v) is 6.46. The number of nitrogens with zero attached hydrogens (tertiary/aromatic N) is 2. The molecule has 1 N–H and O–H groups in total. The van der Waals surface area contributed by atoms with Gasteiger partial charge in [-0.1, -0.05) is 6.07 Å². The van der Waals surface area contributed by atoms with Crippen molar-refractivity contribution in [3.05, 3.63) is 34.4 Å². The highest BCUT2D eigenvalue weighted by Crippen LogP contribution is 2.17. The summed E-state index contributed by atoms with van der Waals surface area (Å²) in [6.45, 7) is 4.41. The maximum absolute atomic E-state index is 10.6. The monoisotopic (exact) mass is 249 g/mol. The average Bonchev–Trinajstić information content (AvgIpc) is 2.88. The number of non-ortho nitro benzene ring substituents is 1. The molecule has 2 rings (SSSR count). The minimum absolute atomic E-state index is 0.138. The molecular weight excluding hydrogens is 230 g/mol. The zero-order chi connectivity index (χ0) is 12.8. The minimum Gasteiger partial charge on any atom is -0.385 e. The lowest BCUT2D eigenvalue weighted by molar-refractivity contribution is -0.384. The number of likely N-dealkylation sites (tertiary alicyclic amines) is 1. The van der Waals surface area contributed by atoms with Gasteiger partial charge in [0.15, 0.2) is 0 Å². The van der Waals surface area contributed by atoms with Crippen LogP contribution in [0.2, 0.25) is 0 Å². The summed E-state index contributed by atoms with van der Waals surface area (Å²) in [7, 11) is 0. The van der Waals surface area contributed by atoms with Crippen LogP contribution in [0.25, 0.3) is 0 Å². The highest BCUT2D eigenvalue weighted by Gasteiger charge is 2.10. The number of nitro benzene ring substituents is 1. The number of hydrogen-bond acceptors (Lipinski definition) is 4. The Morgan fingerprint density at radius 2 is 2.11 bits per heavy atom. The largest absolute Gasteiger partial charge is 0.385 e. The standard InChI is InChI=1S/C13H19N3O2/c17-16(18)13-6-3-5-12(11-13)14-7-4-10-15-8-1-2-9-15/h3,5-6,11,14H,1-2,4,7-10H2. The van der Waals surface area contributed by atoms with Gasteiger partial charge in [-0.3, -0.25) is 10.1 Å². The second kappa shape index (κ2) is 6.35. The third-order valence-electron chi connectivity index (χ3n) is 3.24. The van der Waals surface area contributed by atoms with E-state index in [1.807, 2.05) is 6.07 Å². The van der Waals surface area contributed by atoms with Gasteiger partial charge in [-0.2, -0.15) is 0 Å². The van der Waals surface area contributed by atoms with E-state index >= 15 is 0 Å². The van der Waals surface area contributed by atoms with E-state index in [2.05, 4.69) is 10.2 Å². The van der Waals surface area contributed by atoms with Crippen LogP contribution in [0, 0.1) is 10.1 Å². The van der Waals surface area contributed by atoms with Crippen molar-refractivity contribution < 1.29 is 4.92 Å². The Kier molecular flexibility index (Phi) is 4.52. The van der Waals surface area contributed by atoms with Gasteiger partial charge in [0, 0.05) is 24.4 Å². The Balaban J connectivity index is 1.72. The molecule has 0 aromatic heterocycles. The molecule has 1 aliphatic rings. The van der Waals surface area contributed by atoms with Crippen LogP contribution in [0.3, 0.4) is 0 Å². The third kappa shape index (κ3) is 3.70. The molecule has 5 heteroatoms. The summed E-state index contributed by atoms with van der Waals surface area (Å²) < 4.78 is 0. The van der Waals surface area contributed by atoms with E-state index in [0.29, 0.717) is 0 Å². The summed E-state index contributed by atoms with van der Waals surface area (Å²) in [5, 5.41) is 13.9. The highest BCUT2D eigenvalue weighted by atomic mass is 16.6. The zero-order valence-corrected chi connectivity index (χ0v) is 10.5. The SMILES string of the molecule is O=[N+]([O-])c1cccc(NCCCN2CCCC2)c1. The van der Waals surface area contributed by atoms with E-state index in [9.17, 15) is 10.1 Å². The molecule has 0 spiro atoms. The van der Waals surface area contributed by atoms with Crippen LogP contribution in [-0.2, 0) is 0 Å². The predicted molar refractivity (Wildman–Crippen MR) is 71.9 cm³/mol. The number of nitro groups is 1. The molecular formula is C13H19N3O2. The molecule has 0 atom stereocenters. The summed E-state index contributed by atoms with van der Waals surface area (Å²) in [5.41, 5.74) is 0.963. The van der Waals surface area contributed by atoms with Gasteiger partial charge >= 0.3 is 0 Å². The van der Waals surface area contributed by atoms with Gasteiger partial charge in [0.05, 0.1) is 4.92 Å². The van der Waals surface area contributed by atoms with Gasteiger partial charge in [-0.15, -0.1) is 0 Å². The quantitative estimate of drug-likeness (QED) is 0.478. The zero-order valence-electron chi connectivity index (χ0n) is 10.5. The van der Waals surface area contributed by atoms with Crippen molar-refractivity contribution in [2.24, 2.45) is 0 Å². The van der Waals surface area contributed by atoms with Gasteiger partial charge in [0.25, 0.3) is 5.69 Å². The molecule has 1 aliphatic heterocycles. The molecule has 1 aromatic carbocycles. The molecule has 0 bridgehead atoms.